The first-order valence-electron chi connectivity index (χ1n) is 5.69. The molecule has 86 valence electrons. The average Bonchev–Trinajstić information content (AvgIpc) is 2.73. The number of hydrogen-bond donors (Lipinski definition) is 0. The number of hydrogen-bond acceptors (Lipinski definition) is 2. The molecule has 0 saturated carbocycles. The number of aryl methyl sites for hydroxylation is 1. The van der Waals surface area contributed by atoms with Gasteiger partial charge in [0.2, 0.25) is 0 Å². The molecule has 3 nitrogen and oxygen atoms in total. The standard InChI is InChI=1S/C14H15N3/c1-10(2)14-8-12(9-15)16-17(14)13-6-4-5-11(3)7-13/h4-8,10H,1-3H3. The summed E-state index contributed by atoms with van der Waals surface area (Å²) in [5.41, 5.74) is 3.73. The lowest BCUT2D eigenvalue weighted by molar-refractivity contribution is 0.732. The van der Waals surface area contributed by atoms with Crippen molar-refractivity contribution in [3.63, 3.8) is 0 Å². The first kappa shape index (κ1) is 11.4. The van der Waals surface area contributed by atoms with Gasteiger partial charge in [0, 0.05) is 5.69 Å². The van der Waals surface area contributed by atoms with E-state index in [-0.39, 0.29) is 0 Å². The second kappa shape index (κ2) is 4.42. The first-order chi connectivity index (χ1) is 8.11. The van der Waals surface area contributed by atoms with Crippen molar-refractivity contribution in [3.8, 4) is 11.8 Å². The van der Waals surface area contributed by atoms with Crippen LogP contribution in [0.2, 0.25) is 0 Å². The molecular weight excluding hydrogens is 210 g/mol. The number of benzene rings is 1. The number of aromatic nitrogens is 2. The van der Waals surface area contributed by atoms with E-state index < -0.39 is 0 Å². The van der Waals surface area contributed by atoms with Crippen molar-refractivity contribution in [3.05, 3.63) is 47.3 Å². The molecule has 3 heteroatoms. The molecule has 0 radical (unpaired) electrons. The molecule has 1 aromatic carbocycles. The van der Waals surface area contributed by atoms with Gasteiger partial charge in [-0.25, -0.2) is 4.68 Å². The van der Waals surface area contributed by atoms with E-state index in [4.69, 9.17) is 5.26 Å². The second-order valence-electron chi connectivity index (χ2n) is 4.47. The van der Waals surface area contributed by atoms with Crippen LogP contribution in [0.15, 0.2) is 30.3 Å². The summed E-state index contributed by atoms with van der Waals surface area (Å²) in [4.78, 5) is 0. The SMILES string of the molecule is Cc1cccc(-n2nc(C#N)cc2C(C)C)c1. The van der Waals surface area contributed by atoms with Gasteiger partial charge in [0.25, 0.3) is 0 Å². The van der Waals surface area contributed by atoms with Gasteiger partial charge in [-0.15, -0.1) is 0 Å². The Kier molecular flexibility index (Phi) is 2.97. The molecule has 0 atom stereocenters. The molecule has 0 aliphatic carbocycles. The van der Waals surface area contributed by atoms with Crippen molar-refractivity contribution >= 4 is 0 Å². The molecule has 0 spiro atoms. The number of nitriles is 1. The Bertz CT molecular complexity index is 573. The van der Waals surface area contributed by atoms with Crippen molar-refractivity contribution < 1.29 is 0 Å². The lowest BCUT2D eigenvalue weighted by Gasteiger charge is -2.10. The quantitative estimate of drug-likeness (QED) is 0.787. The zero-order chi connectivity index (χ0) is 12.4. The third-order valence-corrected chi connectivity index (χ3v) is 2.69. The average molecular weight is 225 g/mol. The van der Waals surface area contributed by atoms with Crippen molar-refractivity contribution in [2.24, 2.45) is 0 Å². The van der Waals surface area contributed by atoms with Gasteiger partial charge < -0.3 is 0 Å². The maximum atomic E-state index is 8.93. The molecule has 1 aromatic heterocycles. The van der Waals surface area contributed by atoms with E-state index in [9.17, 15) is 0 Å². The fourth-order valence-electron chi connectivity index (χ4n) is 1.83. The number of rotatable bonds is 2. The van der Waals surface area contributed by atoms with E-state index in [2.05, 4.69) is 31.1 Å². The summed E-state index contributed by atoms with van der Waals surface area (Å²) in [5, 5.41) is 13.2. The molecule has 0 fully saturated rings. The third kappa shape index (κ3) is 2.21. The summed E-state index contributed by atoms with van der Waals surface area (Å²) < 4.78 is 1.86. The Morgan fingerprint density at radius 1 is 1.29 bits per heavy atom. The molecule has 0 N–H and O–H groups in total. The van der Waals surface area contributed by atoms with Crippen LogP contribution in [0, 0.1) is 18.3 Å². The lowest BCUT2D eigenvalue weighted by atomic mass is 10.1. The van der Waals surface area contributed by atoms with Crippen LogP contribution < -0.4 is 0 Å². The highest BCUT2D eigenvalue weighted by atomic mass is 15.3. The van der Waals surface area contributed by atoms with Gasteiger partial charge in [-0.3, -0.25) is 0 Å². The van der Waals surface area contributed by atoms with Gasteiger partial charge in [0.05, 0.1) is 5.69 Å². The molecule has 0 aliphatic heterocycles. The minimum absolute atomic E-state index is 0.338. The van der Waals surface area contributed by atoms with Gasteiger partial charge in [-0.2, -0.15) is 10.4 Å². The maximum Gasteiger partial charge on any atom is 0.163 e. The summed E-state index contributed by atoms with van der Waals surface area (Å²) in [6, 6.07) is 12.1. The van der Waals surface area contributed by atoms with Crippen LogP contribution in [0.4, 0.5) is 0 Å². The van der Waals surface area contributed by atoms with Crippen LogP contribution in [0.3, 0.4) is 0 Å². The summed E-state index contributed by atoms with van der Waals surface area (Å²) in [5.74, 6) is 0.338. The van der Waals surface area contributed by atoms with Crippen molar-refractivity contribution in [2.45, 2.75) is 26.7 Å². The molecular formula is C14H15N3. The van der Waals surface area contributed by atoms with Gasteiger partial charge in [0.15, 0.2) is 5.69 Å². The van der Waals surface area contributed by atoms with Gasteiger partial charge >= 0.3 is 0 Å². The fraction of sp³-hybridized carbons (Fsp3) is 0.286. The topological polar surface area (TPSA) is 41.6 Å². The molecule has 0 saturated heterocycles. The van der Waals surface area contributed by atoms with Crippen LogP contribution in [0.5, 0.6) is 0 Å². The second-order valence-corrected chi connectivity index (χ2v) is 4.47. The molecule has 0 aliphatic rings. The molecule has 17 heavy (non-hydrogen) atoms. The summed E-state index contributed by atoms with van der Waals surface area (Å²) in [6.07, 6.45) is 0. The summed E-state index contributed by atoms with van der Waals surface area (Å²) in [7, 11) is 0. The fourth-order valence-corrected chi connectivity index (χ4v) is 1.83. The van der Waals surface area contributed by atoms with Crippen LogP contribution in [0.1, 0.15) is 36.7 Å². The van der Waals surface area contributed by atoms with Gasteiger partial charge in [-0.1, -0.05) is 26.0 Å². The van der Waals surface area contributed by atoms with E-state index in [1.54, 1.807) is 0 Å². The normalized spacial score (nSPS) is 10.5. The summed E-state index contributed by atoms with van der Waals surface area (Å²) >= 11 is 0. The van der Waals surface area contributed by atoms with Crippen molar-refractivity contribution in [2.75, 3.05) is 0 Å². The minimum atomic E-state index is 0.338. The third-order valence-electron chi connectivity index (χ3n) is 2.69. The largest absolute Gasteiger partial charge is 0.236 e. The van der Waals surface area contributed by atoms with Gasteiger partial charge in [-0.05, 0) is 36.6 Å². The lowest BCUT2D eigenvalue weighted by Crippen LogP contribution is -2.03. The first-order valence-corrected chi connectivity index (χ1v) is 5.69. The monoisotopic (exact) mass is 225 g/mol. The predicted molar refractivity (Wildman–Crippen MR) is 67.1 cm³/mol. The Hall–Kier alpha value is -2.08. The molecule has 2 rings (SSSR count). The highest BCUT2D eigenvalue weighted by Gasteiger charge is 2.12. The maximum absolute atomic E-state index is 8.93. The zero-order valence-electron chi connectivity index (χ0n) is 10.3. The number of nitrogens with zero attached hydrogens (tertiary/aromatic N) is 3. The van der Waals surface area contributed by atoms with Crippen LogP contribution >= 0.6 is 0 Å². The minimum Gasteiger partial charge on any atom is -0.236 e. The molecule has 1 heterocycles. The Labute approximate surface area is 101 Å². The van der Waals surface area contributed by atoms with E-state index >= 15 is 0 Å². The van der Waals surface area contributed by atoms with E-state index in [1.807, 2.05) is 35.9 Å². The van der Waals surface area contributed by atoms with E-state index in [0.717, 1.165) is 11.4 Å². The van der Waals surface area contributed by atoms with Crippen LogP contribution in [0.25, 0.3) is 5.69 Å². The molecule has 2 aromatic rings. The zero-order valence-corrected chi connectivity index (χ0v) is 10.3. The van der Waals surface area contributed by atoms with E-state index in [1.165, 1.54) is 5.56 Å². The van der Waals surface area contributed by atoms with Crippen molar-refractivity contribution in [1.82, 2.24) is 9.78 Å². The van der Waals surface area contributed by atoms with Crippen LogP contribution in [-0.4, -0.2) is 9.78 Å². The van der Waals surface area contributed by atoms with E-state index in [0.29, 0.717) is 11.6 Å². The highest BCUT2D eigenvalue weighted by molar-refractivity contribution is 5.39. The van der Waals surface area contributed by atoms with Crippen molar-refractivity contribution in [1.29, 1.82) is 5.26 Å². The Morgan fingerprint density at radius 3 is 2.65 bits per heavy atom. The smallest absolute Gasteiger partial charge is 0.163 e. The highest BCUT2D eigenvalue weighted by Crippen LogP contribution is 2.20. The van der Waals surface area contributed by atoms with Crippen LogP contribution in [-0.2, 0) is 0 Å². The summed E-state index contributed by atoms with van der Waals surface area (Å²) in [6.45, 7) is 6.25. The molecule has 0 amide bonds. The Morgan fingerprint density at radius 2 is 2.06 bits per heavy atom. The molecule has 0 bridgehead atoms. The predicted octanol–water partition coefficient (Wildman–Crippen LogP) is 3.18. The molecule has 0 unspecified atom stereocenters. The van der Waals surface area contributed by atoms with Gasteiger partial charge in [0.1, 0.15) is 6.07 Å². The Balaban J connectivity index is 2.58.